The van der Waals surface area contributed by atoms with Crippen LogP contribution in [0.25, 0.3) is 0 Å². The standard InChI is InChI=1S/C19H36N2O/c1-6-18(4)14-12-10-8-7-9-11-13-15-20-19(22)16-21(5)17(2)3/h6,17H,1,4,7-16H2,2-3,5H3,(H,20,22). The van der Waals surface area contributed by atoms with Crippen LogP contribution in [0.1, 0.15) is 65.2 Å². The number of hydrogen-bond donors (Lipinski definition) is 1. The van der Waals surface area contributed by atoms with E-state index in [1.807, 2.05) is 13.1 Å². The number of carbonyl (C=O) groups is 1. The Kier molecular flexibility index (Phi) is 12.9. The predicted molar refractivity (Wildman–Crippen MR) is 97.0 cm³/mol. The smallest absolute Gasteiger partial charge is 0.234 e. The molecule has 0 heterocycles. The van der Waals surface area contributed by atoms with Gasteiger partial charge in [0, 0.05) is 12.6 Å². The van der Waals surface area contributed by atoms with E-state index >= 15 is 0 Å². The van der Waals surface area contributed by atoms with Crippen molar-refractivity contribution in [2.24, 2.45) is 0 Å². The van der Waals surface area contributed by atoms with E-state index in [-0.39, 0.29) is 5.91 Å². The Hall–Kier alpha value is -1.09. The summed E-state index contributed by atoms with van der Waals surface area (Å²) >= 11 is 0. The number of amides is 1. The molecule has 0 aliphatic rings. The van der Waals surface area contributed by atoms with E-state index in [4.69, 9.17) is 0 Å². The van der Waals surface area contributed by atoms with Gasteiger partial charge < -0.3 is 5.32 Å². The van der Waals surface area contributed by atoms with E-state index < -0.39 is 0 Å². The van der Waals surface area contributed by atoms with Crippen molar-refractivity contribution in [3.05, 3.63) is 24.8 Å². The Labute approximate surface area is 137 Å². The maximum absolute atomic E-state index is 11.7. The Balaban J connectivity index is 3.31. The Morgan fingerprint density at radius 3 is 2.18 bits per heavy atom. The van der Waals surface area contributed by atoms with Crippen molar-refractivity contribution >= 4 is 5.91 Å². The van der Waals surface area contributed by atoms with Crippen LogP contribution in [0, 0.1) is 0 Å². The molecule has 0 aromatic rings. The Morgan fingerprint density at radius 1 is 1.09 bits per heavy atom. The Morgan fingerprint density at radius 2 is 1.64 bits per heavy atom. The molecule has 0 spiro atoms. The van der Waals surface area contributed by atoms with Crippen LogP contribution in [-0.2, 0) is 4.79 Å². The third kappa shape index (κ3) is 12.6. The number of likely N-dealkylation sites (N-methyl/N-ethyl adjacent to an activating group) is 1. The van der Waals surface area contributed by atoms with Gasteiger partial charge in [-0.05, 0) is 40.2 Å². The normalized spacial score (nSPS) is 11.0. The minimum Gasteiger partial charge on any atom is -0.355 e. The summed E-state index contributed by atoms with van der Waals surface area (Å²) in [5.41, 5.74) is 1.15. The molecule has 3 nitrogen and oxygen atoms in total. The molecule has 22 heavy (non-hydrogen) atoms. The van der Waals surface area contributed by atoms with Crippen LogP contribution in [0.5, 0.6) is 0 Å². The van der Waals surface area contributed by atoms with Crippen molar-refractivity contribution in [3.63, 3.8) is 0 Å². The molecule has 1 amide bonds. The van der Waals surface area contributed by atoms with Gasteiger partial charge >= 0.3 is 0 Å². The largest absolute Gasteiger partial charge is 0.355 e. The first-order valence-corrected chi connectivity index (χ1v) is 8.74. The van der Waals surface area contributed by atoms with E-state index in [1.54, 1.807) is 0 Å². The summed E-state index contributed by atoms with van der Waals surface area (Å²) in [6.45, 7) is 13.1. The average Bonchev–Trinajstić information content (AvgIpc) is 2.48. The van der Waals surface area contributed by atoms with Gasteiger partial charge in [-0.1, -0.05) is 56.9 Å². The van der Waals surface area contributed by atoms with Crippen molar-refractivity contribution in [2.45, 2.75) is 71.3 Å². The second kappa shape index (κ2) is 13.6. The summed E-state index contributed by atoms with van der Waals surface area (Å²) in [6.07, 6.45) is 11.6. The third-order valence-corrected chi connectivity index (χ3v) is 4.06. The lowest BCUT2D eigenvalue weighted by molar-refractivity contribution is -0.122. The summed E-state index contributed by atoms with van der Waals surface area (Å²) in [5, 5.41) is 3.00. The topological polar surface area (TPSA) is 32.3 Å². The molecule has 0 aromatic heterocycles. The first-order valence-electron chi connectivity index (χ1n) is 8.74. The average molecular weight is 309 g/mol. The fourth-order valence-corrected chi connectivity index (χ4v) is 2.16. The van der Waals surface area contributed by atoms with Gasteiger partial charge in [-0.15, -0.1) is 0 Å². The Bertz CT molecular complexity index is 323. The van der Waals surface area contributed by atoms with Crippen molar-refractivity contribution in [1.82, 2.24) is 10.2 Å². The zero-order valence-corrected chi connectivity index (χ0v) is 15.0. The van der Waals surface area contributed by atoms with Gasteiger partial charge in [-0.2, -0.15) is 0 Å². The van der Waals surface area contributed by atoms with Crippen molar-refractivity contribution < 1.29 is 4.79 Å². The zero-order chi connectivity index (χ0) is 16.8. The highest BCUT2D eigenvalue weighted by molar-refractivity contribution is 5.77. The van der Waals surface area contributed by atoms with E-state index in [0.717, 1.165) is 25.0 Å². The summed E-state index contributed by atoms with van der Waals surface area (Å²) in [6, 6.07) is 0.411. The van der Waals surface area contributed by atoms with Crippen LogP contribution >= 0.6 is 0 Å². The van der Waals surface area contributed by atoms with Gasteiger partial charge in [0.1, 0.15) is 0 Å². The molecule has 0 bridgehead atoms. The molecule has 0 saturated heterocycles. The molecule has 0 saturated carbocycles. The molecule has 0 aliphatic heterocycles. The van der Waals surface area contributed by atoms with Crippen molar-refractivity contribution in [2.75, 3.05) is 20.1 Å². The number of hydrogen-bond acceptors (Lipinski definition) is 2. The monoisotopic (exact) mass is 308 g/mol. The molecular weight excluding hydrogens is 272 g/mol. The zero-order valence-electron chi connectivity index (χ0n) is 15.0. The molecule has 3 heteroatoms. The number of carbonyl (C=O) groups excluding carboxylic acids is 1. The van der Waals surface area contributed by atoms with Crippen LogP contribution in [0.2, 0.25) is 0 Å². The van der Waals surface area contributed by atoms with E-state index in [1.165, 1.54) is 38.5 Å². The van der Waals surface area contributed by atoms with Crippen molar-refractivity contribution in [3.8, 4) is 0 Å². The number of unbranched alkanes of at least 4 members (excludes halogenated alkanes) is 6. The quantitative estimate of drug-likeness (QED) is 0.383. The van der Waals surface area contributed by atoms with E-state index in [2.05, 4.69) is 37.2 Å². The lowest BCUT2D eigenvalue weighted by atomic mass is 10.1. The molecule has 0 rings (SSSR count). The molecular formula is C19H36N2O. The van der Waals surface area contributed by atoms with Gasteiger partial charge in [-0.25, -0.2) is 0 Å². The molecule has 0 aromatic carbocycles. The van der Waals surface area contributed by atoms with Gasteiger partial charge in [0.15, 0.2) is 0 Å². The maximum atomic E-state index is 11.7. The van der Waals surface area contributed by atoms with Crippen LogP contribution < -0.4 is 5.32 Å². The molecule has 0 fully saturated rings. The molecule has 0 atom stereocenters. The first-order chi connectivity index (χ1) is 10.5. The number of nitrogens with one attached hydrogen (secondary N) is 1. The van der Waals surface area contributed by atoms with E-state index in [9.17, 15) is 4.79 Å². The summed E-state index contributed by atoms with van der Waals surface area (Å²) in [4.78, 5) is 13.7. The van der Waals surface area contributed by atoms with Crippen LogP contribution in [0.15, 0.2) is 24.8 Å². The van der Waals surface area contributed by atoms with Gasteiger partial charge in [-0.3, -0.25) is 9.69 Å². The lowest BCUT2D eigenvalue weighted by Crippen LogP contribution is -2.38. The fourth-order valence-electron chi connectivity index (χ4n) is 2.16. The van der Waals surface area contributed by atoms with Crippen LogP contribution in [0.4, 0.5) is 0 Å². The van der Waals surface area contributed by atoms with Gasteiger partial charge in [0.2, 0.25) is 5.91 Å². The SMILES string of the molecule is C=CC(=C)CCCCCCCCCNC(=O)CN(C)C(C)C. The summed E-state index contributed by atoms with van der Waals surface area (Å²) in [7, 11) is 1.98. The van der Waals surface area contributed by atoms with Crippen molar-refractivity contribution in [1.29, 1.82) is 0 Å². The third-order valence-electron chi connectivity index (χ3n) is 4.06. The molecule has 0 radical (unpaired) electrons. The highest BCUT2D eigenvalue weighted by atomic mass is 16.2. The predicted octanol–water partition coefficient (Wildman–Crippen LogP) is 4.31. The molecule has 128 valence electrons. The fraction of sp³-hybridized carbons (Fsp3) is 0.737. The summed E-state index contributed by atoms with van der Waals surface area (Å²) in [5.74, 6) is 0.138. The highest BCUT2D eigenvalue weighted by Gasteiger charge is 2.08. The summed E-state index contributed by atoms with van der Waals surface area (Å²) < 4.78 is 0. The second-order valence-electron chi connectivity index (χ2n) is 6.45. The van der Waals surface area contributed by atoms with Gasteiger partial charge in [0.25, 0.3) is 0 Å². The molecule has 0 aliphatic carbocycles. The maximum Gasteiger partial charge on any atom is 0.234 e. The molecule has 1 N–H and O–H groups in total. The number of allylic oxidation sites excluding steroid dienone is 2. The van der Waals surface area contributed by atoms with Crippen LogP contribution in [-0.4, -0.2) is 37.0 Å². The van der Waals surface area contributed by atoms with E-state index in [0.29, 0.717) is 12.6 Å². The minimum absolute atomic E-state index is 0.138. The minimum atomic E-state index is 0.138. The molecule has 0 unspecified atom stereocenters. The number of rotatable bonds is 14. The highest BCUT2D eigenvalue weighted by Crippen LogP contribution is 2.11. The van der Waals surface area contributed by atoms with Crippen LogP contribution in [0.3, 0.4) is 0 Å². The number of nitrogens with zero attached hydrogens (tertiary/aromatic N) is 1. The second-order valence-corrected chi connectivity index (χ2v) is 6.45. The lowest BCUT2D eigenvalue weighted by Gasteiger charge is -2.20. The van der Waals surface area contributed by atoms with Gasteiger partial charge in [0.05, 0.1) is 6.54 Å². The first kappa shape index (κ1) is 20.9.